The van der Waals surface area contributed by atoms with E-state index in [9.17, 15) is 14.7 Å². The van der Waals surface area contributed by atoms with Crippen molar-refractivity contribution in [1.29, 1.82) is 0 Å². The van der Waals surface area contributed by atoms with Crippen molar-refractivity contribution in [2.75, 3.05) is 19.0 Å². The molecule has 0 fully saturated rings. The molecule has 6 nitrogen and oxygen atoms in total. The van der Waals surface area contributed by atoms with Crippen molar-refractivity contribution in [2.24, 2.45) is 5.92 Å². The summed E-state index contributed by atoms with van der Waals surface area (Å²) < 4.78 is 11.2. The van der Waals surface area contributed by atoms with Gasteiger partial charge in [-0.2, -0.15) is 0 Å². The van der Waals surface area contributed by atoms with Gasteiger partial charge in [-0.25, -0.2) is 4.79 Å². The van der Waals surface area contributed by atoms with E-state index in [2.05, 4.69) is 19.2 Å². The SMILES string of the molecule is CCOc1cc(OC)ccc1C(CC(=O)Nc1cc(C(=O)O)ccc1C(C)(C)C)CC(C)C. The molecule has 0 radical (unpaired) electrons. The summed E-state index contributed by atoms with van der Waals surface area (Å²) in [5, 5.41) is 12.4. The number of aromatic carboxylic acids is 1. The summed E-state index contributed by atoms with van der Waals surface area (Å²) in [6.07, 6.45) is 1.06. The molecule has 2 N–H and O–H groups in total. The first kappa shape index (κ1) is 26.2. The molecule has 2 aromatic rings. The Labute approximate surface area is 197 Å². The van der Waals surface area contributed by atoms with Crippen LogP contribution in [-0.2, 0) is 10.2 Å². The fourth-order valence-electron chi connectivity index (χ4n) is 4.01. The Bertz CT molecular complexity index is 975. The number of anilines is 1. The number of benzene rings is 2. The van der Waals surface area contributed by atoms with Gasteiger partial charge in [-0.15, -0.1) is 0 Å². The Morgan fingerprint density at radius 3 is 2.33 bits per heavy atom. The van der Waals surface area contributed by atoms with Gasteiger partial charge >= 0.3 is 5.97 Å². The standard InChI is InChI=1S/C27H37NO5/c1-8-33-24-16-20(32-7)10-11-21(24)19(13-17(2)3)15-25(29)28-23-14-18(26(30)31)9-12-22(23)27(4,5)6/h9-12,14,16-17,19H,8,13,15H2,1-7H3,(H,28,29)(H,30,31). The molecule has 33 heavy (non-hydrogen) atoms. The number of ether oxygens (including phenoxy) is 2. The smallest absolute Gasteiger partial charge is 0.335 e. The second kappa shape index (κ2) is 11.2. The molecular formula is C27H37NO5. The van der Waals surface area contributed by atoms with Gasteiger partial charge in [0.2, 0.25) is 5.91 Å². The van der Waals surface area contributed by atoms with Gasteiger partial charge in [0.05, 0.1) is 19.3 Å². The molecule has 0 aliphatic carbocycles. The van der Waals surface area contributed by atoms with E-state index in [0.717, 1.165) is 23.3 Å². The second-order valence-electron chi connectivity index (χ2n) is 9.73. The summed E-state index contributed by atoms with van der Waals surface area (Å²) in [6.45, 7) is 12.8. The molecule has 1 atom stereocenters. The van der Waals surface area contributed by atoms with Crippen LogP contribution in [0.15, 0.2) is 36.4 Å². The molecule has 0 bridgehead atoms. The number of rotatable bonds is 10. The maximum absolute atomic E-state index is 13.2. The molecule has 0 saturated heterocycles. The molecule has 0 aromatic heterocycles. The van der Waals surface area contributed by atoms with Crippen LogP contribution in [0.25, 0.3) is 0 Å². The van der Waals surface area contributed by atoms with Gasteiger partial charge in [-0.3, -0.25) is 4.79 Å². The van der Waals surface area contributed by atoms with Gasteiger partial charge in [0.25, 0.3) is 0 Å². The Morgan fingerprint density at radius 1 is 1.09 bits per heavy atom. The fourth-order valence-corrected chi connectivity index (χ4v) is 4.01. The summed E-state index contributed by atoms with van der Waals surface area (Å²) in [5.41, 5.74) is 2.29. The quantitative estimate of drug-likeness (QED) is 0.442. The average Bonchev–Trinajstić information content (AvgIpc) is 2.72. The number of carboxylic acid groups (broad SMARTS) is 1. The zero-order chi connectivity index (χ0) is 24.8. The van der Waals surface area contributed by atoms with Crippen molar-refractivity contribution in [3.05, 3.63) is 53.1 Å². The first-order valence-corrected chi connectivity index (χ1v) is 11.4. The summed E-state index contributed by atoms with van der Waals surface area (Å²) in [7, 11) is 1.61. The highest BCUT2D eigenvalue weighted by atomic mass is 16.5. The number of hydrogen-bond donors (Lipinski definition) is 2. The van der Waals surface area contributed by atoms with Crippen LogP contribution in [0.3, 0.4) is 0 Å². The van der Waals surface area contributed by atoms with E-state index < -0.39 is 5.97 Å². The van der Waals surface area contributed by atoms with Crippen molar-refractivity contribution >= 4 is 17.6 Å². The summed E-state index contributed by atoms with van der Waals surface area (Å²) >= 11 is 0. The number of carboxylic acids is 1. The number of methoxy groups -OCH3 is 1. The first-order chi connectivity index (χ1) is 15.5. The van der Waals surface area contributed by atoms with Gasteiger partial charge in [0, 0.05) is 18.2 Å². The first-order valence-electron chi connectivity index (χ1n) is 11.4. The monoisotopic (exact) mass is 455 g/mol. The lowest BCUT2D eigenvalue weighted by molar-refractivity contribution is -0.116. The number of hydrogen-bond acceptors (Lipinski definition) is 4. The lowest BCUT2D eigenvalue weighted by Gasteiger charge is -2.25. The molecular weight excluding hydrogens is 418 g/mol. The van der Waals surface area contributed by atoms with Crippen molar-refractivity contribution in [3.8, 4) is 11.5 Å². The van der Waals surface area contributed by atoms with E-state index in [1.165, 1.54) is 6.07 Å². The minimum atomic E-state index is -1.02. The predicted octanol–water partition coefficient (Wildman–Crippen LogP) is 6.25. The van der Waals surface area contributed by atoms with Crippen LogP contribution >= 0.6 is 0 Å². The maximum Gasteiger partial charge on any atom is 0.335 e. The van der Waals surface area contributed by atoms with Crippen LogP contribution in [-0.4, -0.2) is 30.7 Å². The average molecular weight is 456 g/mol. The highest BCUT2D eigenvalue weighted by molar-refractivity contribution is 5.95. The molecule has 0 aliphatic heterocycles. The molecule has 1 amide bonds. The van der Waals surface area contributed by atoms with Crippen molar-refractivity contribution in [1.82, 2.24) is 0 Å². The third-order valence-electron chi connectivity index (χ3n) is 5.50. The molecule has 0 aliphatic rings. The number of carbonyl (C=O) groups excluding carboxylic acids is 1. The van der Waals surface area contributed by atoms with Crippen LogP contribution in [0.5, 0.6) is 11.5 Å². The van der Waals surface area contributed by atoms with E-state index >= 15 is 0 Å². The molecule has 2 aromatic carbocycles. The van der Waals surface area contributed by atoms with Crippen LogP contribution < -0.4 is 14.8 Å². The van der Waals surface area contributed by atoms with Gasteiger partial charge in [0.15, 0.2) is 0 Å². The lowest BCUT2D eigenvalue weighted by Crippen LogP contribution is -2.21. The minimum absolute atomic E-state index is 0.0572. The number of amides is 1. The highest BCUT2D eigenvalue weighted by Gasteiger charge is 2.24. The van der Waals surface area contributed by atoms with Gasteiger partial charge in [-0.1, -0.05) is 46.8 Å². The molecule has 6 heteroatoms. The van der Waals surface area contributed by atoms with E-state index in [1.807, 2.05) is 45.9 Å². The highest BCUT2D eigenvalue weighted by Crippen LogP contribution is 2.37. The molecule has 1 unspecified atom stereocenters. The Morgan fingerprint density at radius 2 is 1.79 bits per heavy atom. The Kier molecular flexibility index (Phi) is 8.91. The van der Waals surface area contributed by atoms with Crippen molar-refractivity contribution in [2.45, 2.75) is 65.7 Å². The second-order valence-corrected chi connectivity index (χ2v) is 9.73. The molecule has 2 rings (SSSR count). The van der Waals surface area contributed by atoms with Crippen molar-refractivity contribution in [3.63, 3.8) is 0 Å². The normalized spacial score (nSPS) is 12.4. The van der Waals surface area contributed by atoms with Gasteiger partial charge < -0.3 is 19.9 Å². The predicted molar refractivity (Wildman–Crippen MR) is 132 cm³/mol. The van der Waals surface area contributed by atoms with Crippen LogP contribution in [0.1, 0.15) is 81.8 Å². The summed E-state index contributed by atoms with van der Waals surface area (Å²) in [5.74, 6) is 0.557. The van der Waals surface area contributed by atoms with Gasteiger partial charge in [-0.05, 0) is 59.9 Å². The van der Waals surface area contributed by atoms with E-state index in [0.29, 0.717) is 24.0 Å². The zero-order valence-electron chi connectivity index (χ0n) is 20.8. The van der Waals surface area contributed by atoms with Crippen LogP contribution in [0.4, 0.5) is 5.69 Å². The van der Waals surface area contributed by atoms with Crippen LogP contribution in [0.2, 0.25) is 0 Å². The fraction of sp³-hybridized carbons (Fsp3) is 0.481. The van der Waals surface area contributed by atoms with E-state index in [-0.39, 0.29) is 29.2 Å². The molecule has 0 heterocycles. The minimum Gasteiger partial charge on any atom is -0.497 e. The molecule has 180 valence electrons. The number of carbonyl (C=O) groups is 2. The van der Waals surface area contributed by atoms with Crippen molar-refractivity contribution < 1.29 is 24.2 Å². The van der Waals surface area contributed by atoms with E-state index in [4.69, 9.17) is 9.47 Å². The zero-order valence-corrected chi connectivity index (χ0v) is 20.8. The summed E-state index contributed by atoms with van der Waals surface area (Å²) in [6, 6.07) is 10.6. The topological polar surface area (TPSA) is 84.9 Å². The number of nitrogens with one attached hydrogen (secondary N) is 1. The Balaban J connectivity index is 2.38. The maximum atomic E-state index is 13.2. The summed E-state index contributed by atoms with van der Waals surface area (Å²) in [4.78, 5) is 24.7. The lowest BCUT2D eigenvalue weighted by atomic mass is 9.84. The van der Waals surface area contributed by atoms with Crippen LogP contribution in [0, 0.1) is 5.92 Å². The Hall–Kier alpha value is -3.02. The molecule has 0 saturated carbocycles. The van der Waals surface area contributed by atoms with Gasteiger partial charge in [0.1, 0.15) is 11.5 Å². The third kappa shape index (κ3) is 7.24. The largest absolute Gasteiger partial charge is 0.497 e. The molecule has 0 spiro atoms. The third-order valence-corrected chi connectivity index (χ3v) is 5.50. The van der Waals surface area contributed by atoms with E-state index in [1.54, 1.807) is 19.2 Å².